The molecule has 2 heterocycles. The number of carbonyl (C=O) groups is 1. The predicted octanol–water partition coefficient (Wildman–Crippen LogP) is 1.18. The minimum Gasteiger partial charge on any atom is -0.476 e. The molecule has 0 radical (unpaired) electrons. The molecule has 0 unspecified atom stereocenters. The number of carboxylic acid groups (broad SMARTS) is 1. The highest BCUT2D eigenvalue weighted by atomic mass is 16.4. The molecule has 0 aromatic carbocycles. The van der Waals surface area contributed by atoms with Crippen LogP contribution in [-0.2, 0) is 19.4 Å². The van der Waals surface area contributed by atoms with Gasteiger partial charge >= 0.3 is 5.97 Å². The average molecular weight is 246 g/mol. The quantitative estimate of drug-likeness (QED) is 0.856. The van der Waals surface area contributed by atoms with E-state index in [9.17, 15) is 4.79 Å². The molecule has 0 bridgehead atoms. The van der Waals surface area contributed by atoms with Crippen molar-refractivity contribution < 1.29 is 9.90 Å². The molecule has 1 N–H and O–H groups in total. The number of carboxylic acids is 1. The molecule has 2 aromatic rings. The van der Waals surface area contributed by atoms with E-state index in [2.05, 4.69) is 15.3 Å². The number of aromatic nitrogens is 4. The zero-order valence-corrected chi connectivity index (χ0v) is 10.1. The molecule has 0 aliphatic heterocycles. The lowest BCUT2D eigenvalue weighted by molar-refractivity contribution is 0.0689. The number of hydrogen-bond donors (Lipinski definition) is 1. The SMILES string of the molecule is CCc1c(C(=O)O)nnn1CCc1ccccn1. The van der Waals surface area contributed by atoms with Crippen LogP contribution in [0.25, 0.3) is 0 Å². The van der Waals surface area contributed by atoms with Gasteiger partial charge in [0.2, 0.25) is 0 Å². The molecule has 0 saturated heterocycles. The highest BCUT2D eigenvalue weighted by molar-refractivity contribution is 5.86. The summed E-state index contributed by atoms with van der Waals surface area (Å²) in [6.45, 7) is 2.48. The molecule has 2 aromatic heterocycles. The van der Waals surface area contributed by atoms with Crippen molar-refractivity contribution >= 4 is 5.97 Å². The average Bonchev–Trinajstić information content (AvgIpc) is 2.80. The summed E-state index contributed by atoms with van der Waals surface area (Å²) in [5, 5.41) is 16.5. The highest BCUT2D eigenvalue weighted by Gasteiger charge is 2.16. The van der Waals surface area contributed by atoms with Crippen molar-refractivity contribution in [1.82, 2.24) is 20.0 Å². The van der Waals surface area contributed by atoms with Crippen molar-refractivity contribution in [1.29, 1.82) is 0 Å². The summed E-state index contributed by atoms with van der Waals surface area (Å²) in [7, 11) is 0. The van der Waals surface area contributed by atoms with Gasteiger partial charge in [-0.15, -0.1) is 5.10 Å². The Morgan fingerprint density at radius 2 is 2.28 bits per heavy atom. The molecule has 6 heteroatoms. The third-order valence-electron chi connectivity index (χ3n) is 2.68. The molecule has 0 atom stereocenters. The molecule has 94 valence electrons. The first kappa shape index (κ1) is 12.2. The van der Waals surface area contributed by atoms with E-state index < -0.39 is 5.97 Å². The molecule has 0 spiro atoms. The summed E-state index contributed by atoms with van der Waals surface area (Å²) >= 11 is 0. The molecule has 2 rings (SSSR count). The van der Waals surface area contributed by atoms with Crippen molar-refractivity contribution in [2.24, 2.45) is 0 Å². The Morgan fingerprint density at radius 1 is 1.44 bits per heavy atom. The van der Waals surface area contributed by atoms with Gasteiger partial charge in [0.15, 0.2) is 5.69 Å². The van der Waals surface area contributed by atoms with Crippen LogP contribution in [0.15, 0.2) is 24.4 Å². The fraction of sp³-hybridized carbons (Fsp3) is 0.333. The van der Waals surface area contributed by atoms with Gasteiger partial charge in [-0.25, -0.2) is 9.48 Å². The Bertz CT molecular complexity index is 536. The van der Waals surface area contributed by atoms with Gasteiger partial charge in [-0.3, -0.25) is 4.98 Å². The van der Waals surface area contributed by atoms with Gasteiger partial charge in [0, 0.05) is 24.9 Å². The molecule has 18 heavy (non-hydrogen) atoms. The van der Waals surface area contributed by atoms with Crippen LogP contribution in [-0.4, -0.2) is 31.1 Å². The van der Waals surface area contributed by atoms with Crippen LogP contribution in [0.2, 0.25) is 0 Å². The number of pyridine rings is 1. The zero-order valence-electron chi connectivity index (χ0n) is 10.1. The van der Waals surface area contributed by atoms with E-state index in [0.29, 0.717) is 25.1 Å². The molecule has 0 aliphatic rings. The van der Waals surface area contributed by atoms with Gasteiger partial charge in [0.25, 0.3) is 0 Å². The first-order valence-corrected chi connectivity index (χ1v) is 5.78. The Morgan fingerprint density at radius 3 is 2.89 bits per heavy atom. The summed E-state index contributed by atoms with van der Waals surface area (Å²) in [5.41, 5.74) is 1.64. The van der Waals surface area contributed by atoms with Gasteiger partial charge in [-0.1, -0.05) is 18.2 Å². The van der Waals surface area contributed by atoms with Crippen molar-refractivity contribution in [3.63, 3.8) is 0 Å². The summed E-state index contributed by atoms with van der Waals surface area (Å²) in [4.78, 5) is 15.2. The lowest BCUT2D eigenvalue weighted by Crippen LogP contribution is -2.09. The van der Waals surface area contributed by atoms with Crippen molar-refractivity contribution in [2.45, 2.75) is 26.3 Å². The summed E-state index contributed by atoms with van der Waals surface area (Å²) in [6.07, 6.45) is 3.03. The minimum absolute atomic E-state index is 0.0403. The molecule has 0 aliphatic carbocycles. The highest BCUT2D eigenvalue weighted by Crippen LogP contribution is 2.07. The maximum Gasteiger partial charge on any atom is 0.358 e. The molecule has 0 saturated carbocycles. The van der Waals surface area contributed by atoms with Gasteiger partial charge in [-0.2, -0.15) is 0 Å². The summed E-state index contributed by atoms with van der Waals surface area (Å²) in [5.74, 6) is -1.03. The van der Waals surface area contributed by atoms with Crippen LogP contribution in [0.1, 0.15) is 28.8 Å². The van der Waals surface area contributed by atoms with E-state index in [4.69, 9.17) is 5.11 Å². The van der Waals surface area contributed by atoms with E-state index in [-0.39, 0.29) is 5.69 Å². The lowest BCUT2D eigenvalue weighted by atomic mass is 10.2. The number of nitrogens with zero attached hydrogens (tertiary/aromatic N) is 4. The van der Waals surface area contributed by atoms with Crippen LogP contribution >= 0.6 is 0 Å². The second-order valence-corrected chi connectivity index (χ2v) is 3.84. The smallest absolute Gasteiger partial charge is 0.358 e. The molecule has 0 amide bonds. The van der Waals surface area contributed by atoms with E-state index >= 15 is 0 Å². The third-order valence-corrected chi connectivity index (χ3v) is 2.68. The first-order valence-electron chi connectivity index (χ1n) is 5.78. The van der Waals surface area contributed by atoms with Gasteiger partial charge in [0.05, 0.1) is 5.69 Å². The minimum atomic E-state index is -1.03. The number of hydrogen-bond acceptors (Lipinski definition) is 4. The van der Waals surface area contributed by atoms with Crippen LogP contribution in [0.3, 0.4) is 0 Å². The van der Waals surface area contributed by atoms with Crippen molar-refractivity contribution in [3.8, 4) is 0 Å². The normalized spacial score (nSPS) is 10.5. The molecule has 6 nitrogen and oxygen atoms in total. The van der Waals surface area contributed by atoms with E-state index in [0.717, 1.165) is 5.69 Å². The second-order valence-electron chi connectivity index (χ2n) is 3.84. The van der Waals surface area contributed by atoms with Crippen LogP contribution in [0.5, 0.6) is 0 Å². The fourth-order valence-electron chi connectivity index (χ4n) is 1.79. The zero-order chi connectivity index (χ0) is 13.0. The Kier molecular flexibility index (Phi) is 3.66. The molecule has 0 fully saturated rings. The van der Waals surface area contributed by atoms with Crippen LogP contribution < -0.4 is 0 Å². The Labute approximate surface area is 104 Å². The third kappa shape index (κ3) is 2.53. The molecular weight excluding hydrogens is 232 g/mol. The van der Waals surface area contributed by atoms with E-state index in [1.807, 2.05) is 25.1 Å². The summed E-state index contributed by atoms with van der Waals surface area (Å²) < 4.78 is 1.64. The van der Waals surface area contributed by atoms with Gasteiger partial charge in [-0.05, 0) is 18.6 Å². The Hall–Kier alpha value is -2.24. The van der Waals surface area contributed by atoms with Crippen molar-refractivity contribution in [3.05, 3.63) is 41.5 Å². The number of rotatable bonds is 5. The molecular formula is C12H14N4O2. The van der Waals surface area contributed by atoms with Crippen LogP contribution in [0.4, 0.5) is 0 Å². The number of aromatic carboxylic acids is 1. The van der Waals surface area contributed by atoms with E-state index in [1.54, 1.807) is 10.9 Å². The van der Waals surface area contributed by atoms with Gasteiger partial charge < -0.3 is 5.11 Å². The maximum absolute atomic E-state index is 10.9. The van der Waals surface area contributed by atoms with Crippen LogP contribution in [0, 0.1) is 0 Å². The predicted molar refractivity (Wildman–Crippen MR) is 64.3 cm³/mol. The maximum atomic E-state index is 10.9. The monoisotopic (exact) mass is 246 g/mol. The standard InChI is InChI=1S/C12H14N4O2/c1-2-10-11(12(17)18)14-15-16(10)8-6-9-5-3-4-7-13-9/h3-5,7H,2,6,8H2,1H3,(H,17,18). The second kappa shape index (κ2) is 5.39. The topological polar surface area (TPSA) is 80.9 Å². The first-order chi connectivity index (χ1) is 8.72. The number of aryl methyl sites for hydroxylation is 2. The fourth-order valence-corrected chi connectivity index (χ4v) is 1.79. The van der Waals surface area contributed by atoms with Crippen molar-refractivity contribution in [2.75, 3.05) is 0 Å². The Balaban J connectivity index is 2.12. The lowest BCUT2D eigenvalue weighted by Gasteiger charge is -2.04. The van der Waals surface area contributed by atoms with Gasteiger partial charge in [0.1, 0.15) is 0 Å². The van der Waals surface area contributed by atoms with E-state index in [1.165, 1.54) is 0 Å². The largest absolute Gasteiger partial charge is 0.476 e. The summed E-state index contributed by atoms with van der Waals surface area (Å²) in [6, 6.07) is 5.71.